The summed E-state index contributed by atoms with van der Waals surface area (Å²) in [5, 5.41) is 10.4. The molecule has 0 saturated carbocycles. The van der Waals surface area contributed by atoms with Crippen molar-refractivity contribution in [1.29, 1.82) is 0 Å². The minimum atomic E-state index is -0.284. The summed E-state index contributed by atoms with van der Waals surface area (Å²) >= 11 is 0. The Hall–Kier alpha value is -2.57. The van der Waals surface area contributed by atoms with Gasteiger partial charge in [-0.05, 0) is 12.1 Å². The second kappa shape index (κ2) is 3.23. The van der Waals surface area contributed by atoms with Crippen molar-refractivity contribution in [3.05, 3.63) is 41.2 Å². The molecule has 0 aliphatic heterocycles. The Morgan fingerprint density at radius 2 is 2.00 bits per heavy atom. The molecule has 0 bridgehead atoms. The lowest BCUT2D eigenvalue weighted by atomic mass is 10.2. The summed E-state index contributed by atoms with van der Waals surface area (Å²) in [5.74, 6) is 0.253. The van der Waals surface area contributed by atoms with Crippen LogP contribution in [0.1, 0.15) is 0 Å². The van der Waals surface area contributed by atoms with Crippen LogP contribution in [0.15, 0.2) is 35.6 Å². The molecule has 0 atom stereocenters. The molecule has 7 heteroatoms. The minimum absolute atomic E-state index is 0.253. The Labute approximate surface area is 88.8 Å². The standard InChI is InChI=1S/C9H6N6O/c16-8-7(6-1-3-10-4-2-6)13-14-9-11-5-12-15(8)9/h1-5H,(H,11,12,14). The molecule has 3 heterocycles. The third kappa shape index (κ3) is 1.18. The second-order valence-corrected chi connectivity index (χ2v) is 3.11. The van der Waals surface area contributed by atoms with E-state index < -0.39 is 0 Å². The largest absolute Gasteiger partial charge is 0.300 e. The van der Waals surface area contributed by atoms with Gasteiger partial charge in [-0.25, -0.2) is 0 Å². The van der Waals surface area contributed by atoms with Gasteiger partial charge in [-0.1, -0.05) is 0 Å². The summed E-state index contributed by atoms with van der Waals surface area (Å²) in [5.41, 5.74) is 0.661. The van der Waals surface area contributed by atoms with E-state index in [9.17, 15) is 4.79 Å². The van der Waals surface area contributed by atoms with Crippen LogP contribution in [0.5, 0.6) is 0 Å². The molecule has 0 aliphatic carbocycles. The van der Waals surface area contributed by atoms with Crippen LogP contribution in [0.2, 0.25) is 0 Å². The molecule has 3 aromatic rings. The molecular formula is C9H6N6O. The van der Waals surface area contributed by atoms with Gasteiger partial charge in [0.05, 0.1) is 0 Å². The molecule has 3 rings (SSSR count). The quantitative estimate of drug-likeness (QED) is 0.609. The highest BCUT2D eigenvalue weighted by Gasteiger charge is 2.09. The number of pyridine rings is 1. The molecule has 0 saturated heterocycles. The summed E-state index contributed by atoms with van der Waals surface area (Å²) in [6.07, 6.45) is 4.58. The Balaban J connectivity index is 2.33. The molecule has 1 N–H and O–H groups in total. The zero-order valence-corrected chi connectivity index (χ0v) is 8.03. The molecule has 7 nitrogen and oxygen atoms in total. The summed E-state index contributed by atoms with van der Waals surface area (Å²) in [6.45, 7) is 0. The molecule has 0 fully saturated rings. The highest BCUT2D eigenvalue weighted by Crippen LogP contribution is 2.09. The van der Waals surface area contributed by atoms with Gasteiger partial charge in [-0.15, -0.1) is 10.2 Å². The van der Waals surface area contributed by atoms with E-state index in [2.05, 4.69) is 25.3 Å². The van der Waals surface area contributed by atoms with Crippen LogP contribution in [-0.2, 0) is 0 Å². The van der Waals surface area contributed by atoms with Crippen LogP contribution >= 0.6 is 0 Å². The Morgan fingerprint density at radius 3 is 2.81 bits per heavy atom. The number of fused-ring (bicyclic) bond motifs is 1. The Morgan fingerprint density at radius 1 is 1.19 bits per heavy atom. The molecule has 0 radical (unpaired) electrons. The topological polar surface area (TPSA) is 88.8 Å². The third-order valence-corrected chi connectivity index (χ3v) is 2.17. The minimum Gasteiger partial charge on any atom is -0.277 e. The number of aromatic nitrogens is 6. The van der Waals surface area contributed by atoms with Crippen molar-refractivity contribution in [2.75, 3.05) is 0 Å². The number of nitrogens with zero attached hydrogens (tertiary/aromatic N) is 5. The molecule has 78 valence electrons. The molecule has 0 aromatic carbocycles. The van der Waals surface area contributed by atoms with Crippen molar-refractivity contribution in [2.45, 2.75) is 0 Å². The zero-order valence-electron chi connectivity index (χ0n) is 8.03. The first kappa shape index (κ1) is 8.72. The zero-order chi connectivity index (χ0) is 11.0. The van der Waals surface area contributed by atoms with Crippen molar-refractivity contribution in [3.8, 4) is 11.3 Å². The van der Waals surface area contributed by atoms with E-state index in [0.717, 1.165) is 0 Å². The average Bonchev–Trinajstić information content (AvgIpc) is 2.80. The van der Waals surface area contributed by atoms with E-state index in [0.29, 0.717) is 5.56 Å². The lowest BCUT2D eigenvalue weighted by Crippen LogP contribution is -2.19. The highest BCUT2D eigenvalue weighted by molar-refractivity contribution is 5.56. The van der Waals surface area contributed by atoms with Crippen LogP contribution < -0.4 is 5.56 Å². The van der Waals surface area contributed by atoms with E-state index in [4.69, 9.17) is 0 Å². The van der Waals surface area contributed by atoms with Crippen LogP contribution in [0.4, 0.5) is 0 Å². The van der Waals surface area contributed by atoms with Crippen LogP contribution in [0.3, 0.4) is 0 Å². The second-order valence-electron chi connectivity index (χ2n) is 3.11. The summed E-state index contributed by atoms with van der Waals surface area (Å²) in [4.78, 5) is 19.7. The molecule has 0 spiro atoms. The SMILES string of the molecule is O=c1c(-c2ccncc2)nnc2nc[nH]n12. The van der Waals surface area contributed by atoms with Crippen molar-refractivity contribution in [3.63, 3.8) is 0 Å². The molecule has 16 heavy (non-hydrogen) atoms. The number of aromatic amines is 1. The van der Waals surface area contributed by atoms with Gasteiger partial charge in [0, 0.05) is 18.0 Å². The fraction of sp³-hybridized carbons (Fsp3) is 0. The molecule has 3 aromatic heterocycles. The lowest BCUT2D eigenvalue weighted by molar-refractivity contribution is 0.855. The van der Waals surface area contributed by atoms with Crippen LogP contribution in [0.25, 0.3) is 17.0 Å². The van der Waals surface area contributed by atoms with Crippen molar-refractivity contribution in [2.24, 2.45) is 0 Å². The van der Waals surface area contributed by atoms with Gasteiger partial charge in [0.25, 0.3) is 5.78 Å². The molecular weight excluding hydrogens is 208 g/mol. The molecule has 0 aliphatic rings. The number of H-pyrrole nitrogens is 1. The number of hydrogen-bond acceptors (Lipinski definition) is 5. The van der Waals surface area contributed by atoms with Gasteiger partial charge in [0.2, 0.25) is 0 Å². The summed E-state index contributed by atoms with van der Waals surface area (Å²) in [7, 11) is 0. The average molecular weight is 214 g/mol. The monoisotopic (exact) mass is 214 g/mol. The maximum atomic E-state index is 12.0. The Kier molecular flexibility index (Phi) is 1.76. The van der Waals surface area contributed by atoms with E-state index in [1.807, 2.05) is 0 Å². The van der Waals surface area contributed by atoms with E-state index in [-0.39, 0.29) is 17.0 Å². The van der Waals surface area contributed by atoms with Gasteiger partial charge < -0.3 is 0 Å². The lowest BCUT2D eigenvalue weighted by Gasteiger charge is -1.97. The first-order valence-corrected chi connectivity index (χ1v) is 4.55. The van der Waals surface area contributed by atoms with Crippen LogP contribution in [-0.4, -0.2) is 29.8 Å². The maximum Gasteiger partial charge on any atom is 0.300 e. The van der Waals surface area contributed by atoms with E-state index >= 15 is 0 Å². The molecule has 0 unspecified atom stereocenters. The van der Waals surface area contributed by atoms with Gasteiger partial charge in [0.1, 0.15) is 6.33 Å². The number of rotatable bonds is 1. The Bertz CT molecular complexity index is 686. The first-order chi connectivity index (χ1) is 7.86. The van der Waals surface area contributed by atoms with Crippen LogP contribution in [0, 0.1) is 0 Å². The highest BCUT2D eigenvalue weighted by atomic mass is 16.1. The smallest absolute Gasteiger partial charge is 0.277 e. The van der Waals surface area contributed by atoms with E-state index in [1.165, 1.54) is 10.8 Å². The molecule has 0 amide bonds. The van der Waals surface area contributed by atoms with Crippen molar-refractivity contribution >= 4 is 5.78 Å². The summed E-state index contributed by atoms with van der Waals surface area (Å²) < 4.78 is 1.24. The van der Waals surface area contributed by atoms with Gasteiger partial charge in [-0.2, -0.15) is 9.50 Å². The predicted molar refractivity (Wildman–Crippen MR) is 54.6 cm³/mol. The fourth-order valence-electron chi connectivity index (χ4n) is 1.41. The van der Waals surface area contributed by atoms with E-state index in [1.54, 1.807) is 24.5 Å². The normalized spacial score (nSPS) is 10.8. The third-order valence-electron chi connectivity index (χ3n) is 2.17. The fourth-order valence-corrected chi connectivity index (χ4v) is 1.41. The number of nitrogens with one attached hydrogen (secondary N) is 1. The summed E-state index contributed by atoms with van der Waals surface area (Å²) in [6, 6.07) is 3.41. The number of hydrogen-bond donors (Lipinski definition) is 1. The van der Waals surface area contributed by atoms with Gasteiger partial charge >= 0.3 is 5.56 Å². The van der Waals surface area contributed by atoms with Gasteiger partial charge in [0.15, 0.2) is 5.69 Å². The van der Waals surface area contributed by atoms with Gasteiger partial charge in [-0.3, -0.25) is 14.9 Å². The first-order valence-electron chi connectivity index (χ1n) is 4.55. The van der Waals surface area contributed by atoms with Crippen molar-refractivity contribution < 1.29 is 0 Å². The van der Waals surface area contributed by atoms with Crippen molar-refractivity contribution in [1.82, 2.24) is 29.8 Å². The predicted octanol–water partition coefficient (Wildman–Crippen LogP) is -0.125. The maximum absolute atomic E-state index is 12.0.